The summed E-state index contributed by atoms with van der Waals surface area (Å²) in [5.74, 6) is 0.595. The lowest BCUT2D eigenvalue weighted by atomic mass is 10.1. The summed E-state index contributed by atoms with van der Waals surface area (Å²) in [6.45, 7) is 2.30. The molecular formula is C14H19N5O3S. The maximum Gasteiger partial charge on any atom is 0.282 e. The van der Waals surface area contributed by atoms with Crippen LogP contribution < -0.4 is 0 Å². The van der Waals surface area contributed by atoms with E-state index < -0.39 is 10.2 Å². The van der Waals surface area contributed by atoms with Gasteiger partial charge in [-0.3, -0.25) is 4.40 Å². The Kier molecular flexibility index (Phi) is 3.80. The predicted octanol–water partition coefficient (Wildman–Crippen LogP) is 0.443. The van der Waals surface area contributed by atoms with Crippen molar-refractivity contribution in [2.45, 2.75) is 18.9 Å². The van der Waals surface area contributed by atoms with E-state index in [1.165, 1.54) is 4.31 Å². The first-order valence-electron chi connectivity index (χ1n) is 7.80. The molecule has 1 atom stereocenters. The highest BCUT2D eigenvalue weighted by atomic mass is 32.2. The van der Waals surface area contributed by atoms with Crippen molar-refractivity contribution in [2.75, 3.05) is 32.8 Å². The molecule has 0 aromatic carbocycles. The van der Waals surface area contributed by atoms with Crippen LogP contribution in [0.4, 0.5) is 0 Å². The van der Waals surface area contributed by atoms with Crippen molar-refractivity contribution in [3.8, 4) is 0 Å². The molecule has 0 bridgehead atoms. The third-order valence-corrected chi connectivity index (χ3v) is 6.52. The van der Waals surface area contributed by atoms with Crippen LogP contribution in [-0.2, 0) is 14.9 Å². The summed E-state index contributed by atoms with van der Waals surface area (Å²) in [5, 5.41) is 0. The minimum atomic E-state index is -3.48. The standard InChI is InChI=1S/C14H19N5O3S/c20-23(21,17-8-10-22-11-9-17)19-6-1-2-13(19)12-3-4-15-14-16-5-7-18(12)14/h3-5,7,13H,1-2,6,8-11H2. The van der Waals surface area contributed by atoms with E-state index in [2.05, 4.69) is 9.97 Å². The van der Waals surface area contributed by atoms with Gasteiger partial charge in [-0.15, -0.1) is 0 Å². The van der Waals surface area contributed by atoms with E-state index in [0.717, 1.165) is 18.5 Å². The van der Waals surface area contributed by atoms with Crippen LogP contribution >= 0.6 is 0 Å². The molecule has 8 nitrogen and oxygen atoms in total. The lowest BCUT2D eigenvalue weighted by Gasteiger charge is -2.33. The van der Waals surface area contributed by atoms with Crippen LogP contribution in [0.1, 0.15) is 24.6 Å². The van der Waals surface area contributed by atoms with Crippen molar-refractivity contribution in [3.63, 3.8) is 0 Å². The number of morpholine rings is 1. The minimum absolute atomic E-state index is 0.178. The van der Waals surface area contributed by atoms with Crippen molar-refractivity contribution < 1.29 is 13.2 Å². The summed E-state index contributed by atoms with van der Waals surface area (Å²) in [6, 6.07) is 1.70. The van der Waals surface area contributed by atoms with Gasteiger partial charge in [-0.1, -0.05) is 0 Å². The fourth-order valence-corrected chi connectivity index (χ4v) is 5.16. The van der Waals surface area contributed by atoms with Crippen molar-refractivity contribution >= 4 is 16.0 Å². The molecule has 0 amide bonds. The van der Waals surface area contributed by atoms with Crippen molar-refractivity contribution in [3.05, 3.63) is 30.4 Å². The molecule has 2 aromatic heterocycles. The molecule has 0 aliphatic carbocycles. The Bertz CT molecular complexity index is 800. The third kappa shape index (κ3) is 2.53. The van der Waals surface area contributed by atoms with E-state index >= 15 is 0 Å². The van der Waals surface area contributed by atoms with Crippen molar-refractivity contribution in [1.29, 1.82) is 0 Å². The van der Waals surface area contributed by atoms with Gasteiger partial charge in [0.05, 0.1) is 19.3 Å². The molecule has 2 aliphatic rings. The molecule has 1 unspecified atom stereocenters. The Balaban J connectivity index is 1.70. The van der Waals surface area contributed by atoms with E-state index in [4.69, 9.17) is 4.74 Å². The second kappa shape index (κ2) is 5.82. The molecule has 2 aromatic rings. The number of nitrogens with zero attached hydrogens (tertiary/aromatic N) is 5. The summed E-state index contributed by atoms with van der Waals surface area (Å²) >= 11 is 0. The molecule has 0 radical (unpaired) electrons. The number of rotatable bonds is 3. The molecule has 23 heavy (non-hydrogen) atoms. The Hall–Kier alpha value is -1.55. The van der Waals surface area contributed by atoms with Crippen LogP contribution in [0.2, 0.25) is 0 Å². The largest absolute Gasteiger partial charge is 0.379 e. The maximum absolute atomic E-state index is 13.0. The van der Waals surface area contributed by atoms with Crippen LogP contribution in [0.5, 0.6) is 0 Å². The highest BCUT2D eigenvalue weighted by molar-refractivity contribution is 7.86. The van der Waals surface area contributed by atoms with Gasteiger partial charge in [0.15, 0.2) is 0 Å². The Morgan fingerprint density at radius 3 is 2.74 bits per heavy atom. The van der Waals surface area contributed by atoms with Gasteiger partial charge in [-0.25, -0.2) is 9.97 Å². The second-order valence-corrected chi connectivity index (χ2v) is 7.64. The molecule has 124 valence electrons. The highest BCUT2D eigenvalue weighted by Crippen LogP contribution is 2.35. The molecule has 0 N–H and O–H groups in total. The Labute approximate surface area is 134 Å². The summed E-state index contributed by atoms with van der Waals surface area (Å²) in [6.07, 6.45) is 6.86. The molecule has 9 heteroatoms. The van der Waals surface area contributed by atoms with Crippen LogP contribution in [-0.4, -0.2) is 64.2 Å². The zero-order chi connectivity index (χ0) is 15.9. The minimum Gasteiger partial charge on any atom is -0.379 e. The van der Waals surface area contributed by atoms with E-state index in [1.54, 1.807) is 16.7 Å². The summed E-state index contributed by atoms with van der Waals surface area (Å²) in [7, 11) is -3.48. The molecule has 2 aliphatic heterocycles. The zero-order valence-electron chi connectivity index (χ0n) is 12.7. The number of hydrogen-bond donors (Lipinski definition) is 0. The number of fused-ring (bicyclic) bond motifs is 1. The molecule has 0 spiro atoms. The lowest BCUT2D eigenvalue weighted by molar-refractivity contribution is 0.0698. The Morgan fingerprint density at radius 1 is 1.13 bits per heavy atom. The molecule has 0 saturated carbocycles. The summed E-state index contributed by atoms with van der Waals surface area (Å²) < 4.78 is 36.3. The zero-order valence-corrected chi connectivity index (χ0v) is 13.5. The normalized spacial score (nSPS) is 24.4. The van der Waals surface area contributed by atoms with E-state index in [0.29, 0.717) is 38.6 Å². The average Bonchev–Trinajstić information content (AvgIpc) is 3.24. The van der Waals surface area contributed by atoms with Gasteiger partial charge in [-0.2, -0.15) is 17.0 Å². The monoisotopic (exact) mass is 337 g/mol. The first-order valence-corrected chi connectivity index (χ1v) is 9.20. The smallest absolute Gasteiger partial charge is 0.282 e. The topological polar surface area (TPSA) is 80.0 Å². The van der Waals surface area contributed by atoms with Crippen LogP contribution in [0.3, 0.4) is 0 Å². The molecule has 4 heterocycles. The lowest BCUT2D eigenvalue weighted by Crippen LogP contribution is -2.48. The van der Waals surface area contributed by atoms with Gasteiger partial charge in [0.25, 0.3) is 10.2 Å². The number of ether oxygens (including phenoxy) is 1. The first-order chi connectivity index (χ1) is 11.2. The molecule has 2 fully saturated rings. The van der Waals surface area contributed by atoms with E-state index in [9.17, 15) is 8.42 Å². The number of hydrogen-bond acceptors (Lipinski definition) is 5. The SMILES string of the molecule is O=S(=O)(N1CCOCC1)N1CCCC1c1ccnc2nccn12. The van der Waals surface area contributed by atoms with Crippen LogP contribution in [0.25, 0.3) is 5.78 Å². The number of aromatic nitrogens is 3. The van der Waals surface area contributed by atoms with Crippen molar-refractivity contribution in [2.24, 2.45) is 0 Å². The number of imidazole rings is 1. The van der Waals surface area contributed by atoms with Gasteiger partial charge < -0.3 is 4.74 Å². The quantitative estimate of drug-likeness (QED) is 0.812. The van der Waals surface area contributed by atoms with Gasteiger partial charge in [-0.05, 0) is 18.9 Å². The first kappa shape index (κ1) is 15.0. The average molecular weight is 337 g/mol. The van der Waals surface area contributed by atoms with Crippen LogP contribution in [0, 0.1) is 0 Å². The fourth-order valence-electron chi connectivity index (χ4n) is 3.36. The van der Waals surface area contributed by atoms with Gasteiger partial charge in [0.2, 0.25) is 5.78 Å². The molecular weight excluding hydrogens is 318 g/mol. The summed E-state index contributed by atoms with van der Waals surface area (Å²) in [5.41, 5.74) is 0.918. The van der Waals surface area contributed by atoms with Gasteiger partial charge in [0, 0.05) is 43.9 Å². The maximum atomic E-state index is 13.0. The molecule has 4 rings (SSSR count). The van der Waals surface area contributed by atoms with E-state index in [-0.39, 0.29) is 6.04 Å². The van der Waals surface area contributed by atoms with Crippen LogP contribution in [0.15, 0.2) is 24.7 Å². The highest BCUT2D eigenvalue weighted by Gasteiger charge is 2.40. The third-order valence-electron chi connectivity index (χ3n) is 4.47. The Morgan fingerprint density at radius 2 is 1.91 bits per heavy atom. The van der Waals surface area contributed by atoms with Gasteiger partial charge in [0.1, 0.15) is 0 Å². The predicted molar refractivity (Wildman–Crippen MR) is 83.0 cm³/mol. The van der Waals surface area contributed by atoms with Crippen molar-refractivity contribution in [1.82, 2.24) is 23.0 Å². The molecule has 2 saturated heterocycles. The van der Waals surface area contributed by atoms with Gasteiger partial charge >= 0.3 is 0 Å². The summed E-state index contributed by atoms with van der Waals surface area (Å²) in [4.78, 5) is 8.39. The second-order valence-electron chi connectivity index (χ2n) is 5.75. The fraction of sp³-hybridized carbons (Fsp3) is 0.571. The van der Waals surface area contributed by atoms with E-state index in [1.807, 2.05) is 16.7 Å².